The highest BCUT2D eigenvalue weighted by atomic mass is 32.1. The van der Waals surface area contributed by atoms with E-state index >= 15 is 0 Å². The zero-order chi connectivity index (χ0) is 14.4. The number of nitrogens with zero attached hydrogens (tertiary/aromatic N) is 1. The average molecular weight is 287 g/mol. The molecule has 0 atom stereocenters. The minimum absolute atomic E-state index is 0.000882. The van der Waals surface area contributed by atoms with Crippen LogP contribution >= 0.6 is 11.3 Å². The van der Waals surface area contributed by atoms with Crippen LogP contribution in [-0.2, 0) is 6.54 Å². The Morgan fingerprint density at radius 1 is 1.35 bits per heavy atom. The molecule has 0 aliphatic carbocycles. The van der Waals surface area contributed by atoms with E-state index < -0.39 is 0 Å². The number of hydrogen-bond donors (Lipinski definition) is 0. The van der Waals surface area contributed by atoms with Gasteiger partial charge in [0.2, 0.25) is 0 Å². The van der Waals surface area contributed by atoms with Crippen LogP contribution < -0.4 is 4.74 Å². The Balaban J connectivity index is 2.14. The molecule has 0 spiro atoms. The van der Waals surface area contributed by atoms with Crippen molar-refractivity contribution in [1.82, 2.24) is 4.90 Å². The molecule has 0 aliphatic heterocycles. The number of carbonyl (C=O) groups excluding carboxylic acids is 1. The maximum absolute atomic E-state index is 12.5. The minimum Gasteiger partial charge on any atom is -0.497 e. The number of rotatable bonds is 6. The summed E-state index contributed by atoms with van der Waals surface area (Å²) in [5, 5.41) is 2.01. The van der Waals surface area contributed by atoms with Gasteiger partial charge in [0.15, 0.2) is 0 Å². The third-order valence-electron chi connectivity index (χ3n) is 2.90. The van der Waals surface area contributed by atoms with Gasteiger partial charge in [-0.15, -0.1) is 17.9 Å². The minimum atomic E-state index is 0.000882. The Morgan fingerprint density at radius 2 is 2.10 bits per heavy atom. The van der Waals surface area contributed by atoms with Crippen molar-refractivity contribution in [3.8, 4) is 5.75 Å². The lowest BCUT2D eigenvalue weighted by molar-refractivity contribution is 0.0764. The number of carbonyl (C=O) groups is 1. The van der Waals surface area contributed by atoms with E-state index in [0.29, 0.717) is 18.7 Å². The fourth-order valence-corrected chi connectivity index (χ4v) is 2.60. The second-order valence-corrected chi connectivity index (χ2v) is 5.31. The molecule has 2 aromatic rings. The molecular weight excluding hydrogens is 270 g/mol. The van der Waals surface area contributed by atoms with Crippen molar-refractivity contribution in [3.05, 3.63) is 64.9 Å². The molecule has 104 valence electrons. The number of ether oxygens (including phenoxy) is 1. The van der Waals surface area contributed by atoms with Crippen LogP contribution in [0.25, 0.3) is 0 Å². The quantitative estimate of drug-likeness (QED) is 0.760. The molecule has 2 rings (SSSR count). The summed E-state index contributed by atoms with van der Waals surface area (Å²) in [5.74, 6) is 0.746. The van der Waals surface area contributed by atoms with E-state index in [4.69, 9.17) is 4.74 Å². The molecule has 4 heteroatoms. The largest absolute Gasteiger partial charge is 0.497 e. The van der Waals surface area contributed by atoms with Gasteiger partial charge in [0.1, 0.15) is 5.75 Å². The van der Waals surface area contributed by atoms with Gasteiger partial charge < -0.3 is 9.64 Å². The van der Waals surface area contributed by atoms with Crippen LogP contribution in [0.5, 0.6) is 5.75 Å². The van der Waals surface area contributed by atoms with E-state index in [1.807, 2.05) is 17.5 Å². The average Bonchev–Trinajstić information content (AvgIpc) is 2.99. The van der Waals surface area contributed by atoms with Gasteiger partial charge in [-0.25, -0.2) is 0 Å². The summed E-state index contributed by atoms with van der Waals surface area (Å²) in [6.45, 7) is 4.86. The maximum atomic E-state index is 12.5. The standard InChI is InChI=1S/C16H17NO2S/c1-3-10-17(12-15-5-4-11-20-15)16(18)13-6-8-14(19-2)9-7-13/h3-9,11H,1,10,12H2,2H3. The Hall–Kier alpha value is -2.07. The summed E-state index contributed by atoms with van der Waals surface area (Å²) in [4.78, 5) is 15.4. The van der Waals surface area contributed by atoms with E-state index in [-0.39, 0.29) is 5.91 Å². The van der Waals surface area contributed by atoms with E-state index in [9.17, 15) is 4.79 Å². The molecule has 1 amide bonds. The van der Waals surface area contributed by atoms with E-state index in [1.165, 1.54) is 0 Å². The second kappa shape index (κ2) is 6.91. The molecule has 0 N–H and O–H groups in total. The van der Waals surface area contributed by atoms with Crippen LogP contribution in [0.2, 0.25) is 0 Å². The van der Waals surface area contributed by atoms with Crippen LogP contribution in [0.1, 0.15) is 15.2 Å². The van der Waals surface area contributed by atoms with Gasteiger partial charge in [-0.05, 0) is 35.7 Å². The third-order valence-corrected chi connectivity index (χ3v) is 3.76. The van der Waals surface area contributed by atoms with Gasteiger partial charge in [0.05, 0.1) is 13.7 Å². The van der Waals surface area contributed by atoms with Crippen LogP contribution in [0, 0.1) is 0 Å². The fraction of sp³-hybridized carbons (Fsp3) is 0.188. The first-order valence-corrected chi connectivity index (χ1v) is 7.19. The summed E-state index contributed by atoms with van der Waals surface area (Å²) in [6, 6.07) is 11.2. The van der Waals surface area contributed by atoms with Gasteiger partial charge in [-0.2, -0.15) is 0 Å². The van der Waals surface area contributed by atoms with Gasteiger partial charge in [0.25, 0.3) is 5.91 Å². The highest BCUT2D eigenvalue weighted by Gasteiger charge is 2.15. The maximum Gasteiger partial charge on any atom is 0.254 e. The lowest BCUT2D eigenvalue weighted by Gasteiger charge is -2.20. The van der Waals surface area contributed by atoms with Crippen LogP contribution in [0.3, 0.4) is 0 Å². The number of amides is 1. The highest BCUT2D eigenvalue weighted by molar-refractivity contribution is 7.09. The molecule has 20 heavy (non-hydrogen) atoms. The zero-order valence-corrected chi connectivity index (χ0v) is 12.2. The molecular formula is C16H17NO2S. The van der Waals surface area contributed by atoms with Crippen LogP contribution in [0.15, 0.2) is 54.4 Å². The van der Waals surface area contributed by atoms with E-state index in [0.717, 1.165) is 10.6 Å². The second-order valence-electron chi connectivity index (χ2n) is 4.28. The van der Waals surface area contributed by atoms with Gasteiger partial charge >= 0.3 is 0 Å². The summed E-state index contributed by atoms with van der Waals surface area (Å²) < 4.78 is 5.10. The predicted molar refractivity (Wildman–Crippen MR) is 82.3 cm³/mol. The normalized spacial score (nSPS) is 10.1. The van der Waals surface area contributed by atoms with Crippen molar-refractivity contribution in [3.63, 3.8) is 0 Å². The molecule has 3 nitrogen and oxygen atoms in total. The Labute approximate surface area is 123 Å². The Kier molecular flexibility index (Phi) is 4.96. The third kappa shape index (κ3) is 3.48. The molecule has 0 unspecified atom stereocenters. The topological polar surface area (TPSA) is 29.5 Å². The molecule has 0 bridgehead atoms. The van der Waals surface area contributed by atoms with Crippen molar-refractivity contribution >= 4 is 17.2 Å². The smallest absolute Gasteiger partial charge is 0.254 e. The molecule has 0 aliphatic rings. The molecule has 0 fully saturated rings. The highest BCUT2D eigenvalue weighted by Crippen LogP contribution is 2.16. The summed E-state index contributed by atoms with van der Waals surface area (Å²) >= 11 is 1.65. The number of thiophene rings is 1. The van der Waals surface area contributed by atoms with Crippen molar-refractivity contribution < 1.29 is 9.53 Å². The summed E-state index contributed by atoms with van der Waals surface area (Å²) in [6.07, 6.45) is 1.75. The lowest BCUT2D eigenvalue weighted by atomic mass is 10.2. The fourth-order valence-electron chi connectivity index (χ4n) is 1.88. The van der Waals surface area contributed by atoms with Crippen molar-refractivity contribution in [2.75, 3.05) is 13.7 Å². The molecule has 0 saturated carbocycles. The molecule has 0 saturated heterocycles. The predicted octanol–water partition coefficient (Wildman–Crippen LogP) is 3.59. The molecule has 0 radical (unpaired) electrons. The first-order valence-electron chi connectivity index (χ1n) is 6.31. The number of hydrogen-bond acceptors (Lipinski definition) is 3. The van der Waals surface area contributed by atoms with Gasteiger partial charge in [-0.3, -0.25) is 4.79 Å². The van der Waals surface area contributed by atoms with Crippen LogP contribution in [0.4, 0.5) is 0 Å². The first kappa shape index (κ1) is 14.3. The van der Waals surface area contributed by atoms with Gasteiger partial charge in [-0.1, -0.05) is 12.1 Å². The molecule has 1 aromatic heterocycles. The van der Waals surface area contributed by atoms with Crippen molar-refractivity contribution in [1.29, 1.82) is 0 Å². The Morgan fingerprint density at radius 3 is 2.65 bits per heavy atom. The summed E-state index contributed by atoms with van der Waals surface area (Å²) in [5.41, 5.74) is 0.657. The molecule has 1 aromatic carbocycles. The zero-order valence-electron chi connectivity index (χ0n) is 11.4. The van der Waals surface area contributed by atoms with Crippen molar-refractivity contribution in [2.45, 2.75) is 6.54 Å². The van der Waals surface area contributed by atoms with Crippen molar-refractivity contribution in [2.24, 2.45) is 0 Å². The monoisotopic (exact) mass is 287 g/mol. The number of benzene rings is 1. The SMILES string of the molecule is C=CCN(Cc1cccs1)C(=O)c1ccc(OC)cc1. The van der Waals surface area contributed by atoms with E-state index in [1.54, 1.807) is 53.7 Å². The Bertz CT molecular complexity index is 561. The summed E-state index contributed by atoms with van der Waals surface area (Å²) in [7, 11) is 1.61. The van der Waals surface area contributed by atoms with Crippen LogP contribution in [-0.4, -0.2) is 24.5 Å². The first-order chi connectivity index (χ1) is 9.74. The molecule has 1 heterocycles. The van der Waals surface area contributed by atoms with Gasteiger partial charge in [0, 0.05) is 17.0 Å². The number of methoxy groups -OCH3 is 1. The van der Waals surface area contributed by atoms with E-state index in [2.05, 4.69) is 6.58 Å². The lowest BCUT2D eigenvalue weighted by Crippen LogP contribution is -2.30.